The summed E-state index contributed by atoms with van der Waals surface area (Å²) in [5.41, 5.74) is 0. The Labute approximate surface area is 117 Å². The van der Waals surface area contributed by atoms with Gasteiger partial charge < -0.3 is 14.6 Å². The van der Waals surface area contributed by atoms with Crippen molar-refractivity contribution < 1.29 is 14.6 Å². The molecule has 1 fully saturated rings. The van der Waals surface area contributed by atoms with Crippen molar-refractivity contribution in [3.05, 3.63) is 0 Å². The lowest BCUT2D eigenvalue weighted by Crippen LogP contribution is -2.32. The molecule has 1 N–H and O–H groups in total. The maximum absolute atomic E-state index is 8.71. The summed E-state index contributed by atoms with van der Waals surface area (Å²) in [5.74, 6) is 0. The summed E-state index contributed by atoms with van der Waals surface area (Å²) >= 11 is 16.9. The van der Waals surface area contributed by atoms with Crippen molar-refractivity contribution in [1.29, 1.82) is 0 Å². The van der Waals surface area contributed by atoms with Crippen molar-refractivity contribution in [3.63, 3.8) is 0 Å². The van der Waals surface area contributed by atoms with Crippen molar-refractivity contribution in [2.75, 3.05) is 19.8 Å². The molecule has 102 valence electrons. The summed E-state index contributed by atoms with van der Waals surface area (Å²) in [6, 6.07) is 0. The number of hydrogen-bond acceptors (Lipinski definition) is 3. The number of ether oxygens (including phenoxy) is 2. The van der Waals surface area contributed by atoms with Gasteiger partial charge in [0.1, 0.15) is 0 Å². The van der Waals surface area contributed by atoms with Crippen molar-refractivity contribution >= 4 is 34.8 Å². The van der Waals surface area contributed by atoms with Gasteiger partial charge in [0.15, 0.2) is 0 Å². The zero-order valence-corrected chi connectivity index (χ0v) is 12.0. The lowest BCUT2D eigenvalue weighted by molar-refractivity contribution is -0.0743. The summed E-state index contributed by atoms with van der Waals surface area (Å²) in [5, 5.41) is 8.71. The molecule has 0 aromatic heterocycles. The molecular weight excluding hydrogens is 286 g/mol. The minimum atomic E-state index is -1.34. The Hall–Kier alpha value is 0.750. The number of halogens is 3. The predicted octanol–water partition coefficient (Wildman–Crippen LogP) is 3.08. The fourth-order valence-corrected chi connectivity index (χ4v) is 2.08. The maximum Gasteiger partial charge on any atom is 0.213 e. The first-order valence-corrected chi connectivity index (χ1v) is 7.05. The first-order chi connectivity index (χ1) is 8.01. The van der Waals surface area contributed by atoms with Crippen LogP contribution in [0.2, 0.25) is 0 Å². The van der Waals surface area contributed by atoms with Crippen LogP contribution in [0.4, 0.5) is 0 Å². The van der Waals surface area contributed by atoms with Crippen LogP contribution < -0.4 is 0 Å². The normalized spacial score (nSPS) is 26.1. The highest BCUT2D eigenvalue weighted by Gasteiger charge is 2.26. The summed E-state index contributed by atoms with van der Waals surface area (Å²) < 4.78 is 9.84. The Kier molecular flexibility index (Phi) is 7.46. The van der Waals surface area contributed by atoms with E-state index in [1.807, 2.05) is 0 Å². The summed E-state index contributed by atoms with van der Waals surface area (Å²) in [6.45, 7) is 1.04. The highest BCUT2D eigenvalue weighted by atomic mass is 35.6. The van der Waals surface area contributed by atoms with E-state index in [-0.39, 0.29) is 25.4 Å². The van der Waals surface area contributed by atoms with Gasteiger partial charge in [-0.1, -0.05) is 34.8 Å². The van der Waals surface area contributed by atoms with Crippen LogP contribution in [0, 0.1) is 0 Å². The van der Waals surface area contributed by atoms with Gasteiger partial charge >= 0.3 is 0 Å². The molecule has 2 atom stereocenters. The minimum Gasteiger partial charge on any atom is -0.396 e. The molecule has 1 saturated heterocycles. The van der Waals surface area contributed by atoms with E-state index >= 15 is 0 Å². The molecule has 0 spiro atoms. The Morgan fingerprint density at radius 2 is 2.06 bits per heavy atom. The van der Waals surface area contributed by atoms with Gasteiger partial charge in [0.05, 0.1) is 18.8 Å². The molecule has 1 aliphatic heterocycles. The zero-order chi connectivity index (χ0) is 12.7. The first kappa shape index (κ1) is 15.8. The molecule has 1 rings (SSSR count). The molecule has 0 saturated carbocycles. The molecule has 2 unspecified atom stereocenters. The number of unbranched alkanes of at least 4 members (excludes halogenated alkanes) is 1. The lowest BCUT2D eigenvalue weighted by Gasteiger charge is -2.30. The molecule has 0 bridgehead atoms. The predicted molar refractivity (Wildman–Crippen MR) is 69.9 cm³/mol. The third kappa shape index (κ3) is 7.70. The molecule has 3 nitrogen and oxygen atoms in total. The van der Waals surface area contributed by atoms with Crippen LogP contribution in [0.5, 0.6) is 0 Å². The lowest BCUT2D eigenvalue weighted by atomic mass is 10.0. The Bertz CT molecular complexity index is 209. The van der Waals surface area contributed by atoms with Crippen LogP contribution in [0.25, 0.3) is 0 Å². The second-order valence-electron chi connectivity index (χ2n) is 4.28. The van der Waals surface area contributed by atoms with E-state index < -0.39 is 3.79 Å². The van der Waals surface area contributed by atoms with E-state index in [4.69, 9.17) is 49.4 Å². The molecule has 0 aliphatic carbocycles. The molecule has 1 aliphatic rings. The fourth-order valence-electron chi connectivity index (χ4n) is 1.89. The number of hydrogen-bond donors (Lipinski definition) is 1. The second kappa shape index (κ2) is 8.03. The van der Waals surface area contributed by atoms with E-state index in [9.17, 15) is 0 Å². The van der Waals surface area contributed by atoms with E-state index in [2.05, 4.69) is 0 Å². The van der Waals surface area contributed by atoms with Gasteiger partial charge in [-0.05, 0) is 32.1 Å². The molecular formula is C11H19Cl3O3. The standard InChI is InChI=1S/C11H19Cl3O3/c12-11(13,14)8-17-10-4-6-16-9(7-10)3-1-2-5-15/h9-10,15H,1-8H2. The van der Waals surface area contributed by atoms with Gasteiger partial charge in [0, 0.05) is 13.2 Å². The third-order valence-electron chi connectivity index (χ3n) is 2.74. The first-order valence-electron chi connectivity index (χ1n) is 5.92. The Balaban J connectivity index is 2.19. The van der Waals surface area contributed by atoms with Crippen molar-refractivity contribution in [2.24, 2.45) is 0 Å². The van der Waals surface area contributed by atoms with E-state index in [1.54, 1.807) is 0 Å². The van der Waals surface area contributed by atoms with Crippen LogP contribution in [0.3, 0.4) is 0 Å². The zero-order valence-electron chi connectivity index (χ0n) is 9.71. The van der Waals surface area contributed by atoms with Crippen LogP contribution in [0.15, 0.2) is 0 Å². The molecule has 0 aromatic rings. The van der Waals surface area contributed by atoms with Crippen LogP contribution in [0.1, 0.15) is 32.1 Å². The van der Waals surface area contributed by atoms with E-state index in [0.29, 0.717) is 6.61 Å². The van der Waals surface area contributed by atoms with Crippen LogP contribution in [-0.2, 0) is 9.47 Å². The summed E-state index contributed by atoms with van der Waals surface area (Å²) in [6.07, 6.45) is 4.74. The number of rotatable bonds is 6. The fraction of sp³-hybridized carbons (Fsp3) is 1.00. The average Bonchev–Trinajstić information content (AvgIpc) is 2.27. The van der Waals surface area contributed by atoms with Crippen molar-refractivity contribution in [3.8, 4) is 0 Å². The largest absolute Gasteiger partial charge is 0.396 e. The highest BCUT2D eigenvalue weighted by Crippen LogP contribution is 2.28. The van der Waals surface area contributed by atoms with Gasteiger partial charge in [-0.3, -0.25) is 0 Å². The Morgan fingerprint density at radius 1 is 1.29 bits per heavy atom. The highest BCUT2D eigenvalue weighted by molar-refractivity contribution is 6.67. The van der Waals surface area contributed by atoms with E-state index in [1.165, 1.54) is 0 Å². The van der Waals surface area contributed by atoms with Crippen LogP contribution >= 0.6 is 34.8 Å². The third-order valence-corrected chi connectivity index (χ3v) is 3.06. The van der Waals surface area contributed by atoms with E-state index in [0.717, 1.165) is 32.1 Å². The molecule has 17 heavy (non-hydrogen) atoms. The quantitative estimate of drug-likeness (QED) is 0.605. The monoisotopic (exact) mass is 304 g/mol. The number of aliphatic hydroxyl groups excluding tert-OH is 1. The van der Waals surface area contributed by atoms with Gasteiger partial charge in [0.2, 0.25) is 3.79 Å². The smallest absolute Gasteiger partial charge is 0.213 e. The topological polar surface area (TPSA) is 38.7 Å². The van der Waals surface area contributed by atoms with Crippen molar-refractivity contribution in [2.45, 2.75) is 48.1 Å². The molecule has 0 aromatic carbocycles. The number of alkyl halides is 3. The number of aliphatic hydroxyl groups is 1. The van der Waals surface area contributed by atoms with Crippen molar-refractivity contribution in [1.82, 2.24) is 0 Å². The van der Waals surface area contributed by atoms with Crippen LogP contribution in [-0.4, -0.2) is 40.9 Å². The summed E-state index contributed by atoms with van der Waals surface area (Å²) in [7, 11) is 0. The molecule has 0 amide bonds. The molecule has 6 heteroatoms. The molecule has 1 heterocycles. The van der Waals surface area contributed by atoms with Gasteiger partial charge in [-0.2, -0.15) is 0 Å². The SMILES string of the molecule is OCCCCC1CC(OCC(Cl)(Cl)Cl)CCO1. The average molecular weight is 306 g/mol. The summed E-state index contributed by atoms with van der Waals surface area (Å²) in [4.78, 5) is 0. The Morgan fingerprint density at radius 3 is 2.71 bits per heavy atom. The van der Waals surface area contributed by atoms with Gasteiger partial charge in [-0.25, -0.2) is 0 Å². The second-order valence-corrected chi connectivity index (χ2v) is 6.80. The van der Waals surface area contributed by atoms with Gasteiger partial charge in [-0.15, -0.1) is 0 Å². The maximum atomic E-state index is 8.71. The van der Waals surface area contributed by atoms with Gasteiger partial charge in [0.25, 0.3) is 0 Å². The molecule has 0 radical (unpaired) electrons. The minimum absolute atomic E-state index is 0.110.